The number of rotatable bonds is 6. The number of likely N-dealkylation sites (tertiary alicyclic amines) is 1. The number of aromatic nitrogens is 2. The van der Waals surface area contributed by atoms with E-state index >= 15 is 0 Å². The number of thioether (sulfide) groups is 1. The highest BCUT2D eigenvalue weighted by Gasteiger charge is 2.44. The highest BCUT2D eigenvalue weighted by Crippen LogP contribution is 2.54. The van der Waals surface area contributed by atoms with Crippen LogP contribution in [-0.2, 0) is 0 Å². The van der Waals surface area contributed by atoms with Crippen LogP contribution in [0.4, 0.5) is 26.2 Å². The van der Waals surface area contributed by atoms with Crippen LogP contribution in [-0.4, -0.2) is 78.3 Å². The average Bonchev–Trinajstić information content (AvgIpc) is 3.61. The van der Waals surface area contributed by atoms with Crippen LogP contribution in [0.3, 0.4) is 0 Å². The largest absolute Gasteiger partial charge is 0.371 e. The third-order valence-corrected chi connectivity index (χ3v) is 9.69. The fourth-order valence-electron chi connectivity index (χ4n) is 5.82. The summed E-state index contributed by atoms with van der Waals surface area (Å²) in [5.41, 5.74) is 2.86. The zero-order valence-electron chi connectivity index (χ0n) is 22.2. The number of hydrogen-bond acceptors (Lipinski definition) is 7. The molecule has 10 heteroatoms. The molecule has 4 fully saturated rings. The first-order valence-corrected chi connectivity index (χ1v) is 14.6. The monoisotopic (exact) mass is 542 g/mol. The van der Waals surface area contributed by atoms with Crippen molar-refractivity contribution in [2.75, 3.05) is 61.4 Å². The van der Waals surface area contributed by atoms with E-state index in [0.29, 0.717) is 33.7 Å². The maximum absolute atomic E-state index is 13.7. The summed E-state index contributed by atoms with van der Waals surface area (Å²) in [6.45, 7) is 6.32. The van der Waals surface area contributed by atoms with Gasteiger partial charge in [-0.25, -0.2) is 13.8 Å². The van der Waals surface area contributed by atoms with Gasteiger partial charge in [-0.2, -0.15) is 4.98 Å². The van der Waals surface area contributed by atoms with E-state index in [9.17, 15) is 13.6 Å². The second-order valence-corrected chi connectivity index (χ2v) is 13.0. The van der Waals surface area contributed by atoms with Crippen molar-refractivity contribution in [3.63, 3.8) is 0 Å². The number of carbonyl (C=O) groups is 1. The number of amides is 1. The maximum atomic E-state index is 13.7. The number of piperidine rings is 2. The quantitative estimate of drug-likeness (QED) is 0.548. The van der Waals surface area contributed by atoms with E-state index in [-0.39, 0.29) is 31.8 Å². The van der Waals surface area contributed by atoms with Gasteiger partial charge >= 0.3 is 0 Å². The number of nitrogens with zero attached hydrogens (tertiary/aromatic N) is 5. The molecule has 6 rings (SSSR count). The number of hydrogen-bond donors (Lipinski definition) is 1. The molecule has 1 saturated carbocycles. The summed E-state index contributed by atoms with van der Waals surface area (Å²) in [4.78, 5) is 30.3. The van der Waals surface area contributed by atoms with Crippen molar-refractivity contribution in [1.82, 2.24) is 14.9 Å². The Kier molecular flexibility index (Phi) is 6.74. The third-order valence-electron chi connectivity index (χ3n) is 8.53. The van der Waals surface area contributed by atoms with Crippen molar-refractivity contribution < 1.29 is 13.6 Å². The van der Waals surface area contributed by atoms with Crippen molar-refractivity contribution in [2.45, 2.75) is 61.5 Å². The zero-order valence-corrected chi connectivity index (χ0v) is 23.0. The molecule has 0 unspecified atom stereocenters. The van der Waals surface area contributed by atoms with Gasteiger partial charge in [-0.3, -0.25) is 4.79 Å². The highest BCUT2D eigenvalue weighted by atomic mass is 32.2. The summed E-state index contributed by atoms with van der Waals surface area (Å²) < 4.78 is 27.3. The molecule has 1 amide bonds. The minimum Gasteiger partial charge on any atom is -0.371 e. The summed E-state index contributed by atoms with van der Waals surface area (Å²) in [7, 11) is 2.14. The Morgan fingerprint density at radius 2 is 1.66 bits per heavy atom. The molecule has 4 aliphatic rings. The average molecular weight is 543 g/mol. The van der Waals surface area contributed by atoms with Crippen molar-refractivity contribution in [2.24, 2.45) is 5.41 Å². The Labute approximate surface area is 227 Å². The van der Waals surface area contributed by atoms with Crippen LogP contribution in [0.25, 0.3) is 0 Å². The first-order valence-electron chi connectivity index (χ1n) is 13.7. The molecule has 1 spiro atoms. The van der Waals surface area contributed by atoms with E-state index in [1.165, 1.54) is 30.6 Å². The topological polar surface area (TPSA) is 64.6 Å². The van der Waals surface area contributed by atoms with E-state index < -0.39 is 5.92 Å². The predicted molar refractivity (Wildman–Crippen MR) is 148 cm³/mol. The van der Waals surface area contributed by atoms with Gasteiger partial charge in [-0.15, -0.1) is 11.8 Å². The Morgan fingerprint density at radius 1 is 0.974 bits per heavy atom. The minimum atomic E-state index is -2.64. The molecular formula is C28H36F2N6OS. The van der Waals surface area contributed by atoms with E-state index in [1.807, 2.05) is 24.8 Å². The Hall–Kier alpha value is -2.46. The molecule has 2 aromatic rings. The molecule has 7 nitrogen and oxygen atoms in total. The number of nitrogens with one attached hydrogen (secondary N) is 1. The first kappa shape index (κ1) is 25.8. The van der Waals surface area contributed by atoms with Crippen molar-refractivity contribution in [1.29, 1.82) is 0 Å². The van der Waals surface area contributed by atoms with Gasteiger partial charge in [0, 0.05) is 74.0 Å². The highest BCUT2D eigenvalue weighted by molar-refractivity contribution is 8.00. The molecule has 4 heterocycles. The summed E-state index contributed by atoms with van der Waals surface area (Å²) in [5, 5.41) is 3.57. The molecule has 3 saturated heterocycles. The zero-order chi connectivity index (χ0) is 26.5. The van der Waals surface area contributed by atoms with Gasteiger partial charge in [0.25, 0.3) is 11.8 Å². The van der Waals surface area contributed by atoms with E-state index in [1.54, 1.807) is 11.0 Å². The molecule has 1 aliphatic carbocycles. The normalized spacial score (nSPS) is 22.8. The van der Waals surface area contributed by atoms with Gasteiger partial charge in [0.1, 0.15) is 5.82 Å². The molecule has 1 N–H and O–H groups in total. The van der Waals surface area contributed by atoms with Gasteiger partial charge in [0.2, 0.25) is 5.95 Å². The molecule has 204 valence electrons. The lowest BCUT2D eigenvalue weighted by Gasteiger charge is -2.37. The lowest BCUT2D eigenvalue weighted by molar-refractivity contribution is -0.0222. The fourth-order valence-corrected chi connectivity index (χ4v) is 7.19. The molecule has 1 aromatic heterocycles. The van der Waals surface area contributed by atoms with Crippen LogP contribution in [0.2, 0.25) is 0 Å². The van der Waals surface area contributed by atoms with Crippen LogP contribution in [0.5, 0.6) is 0 Å². The van der Waals surface area contributed by atoms with Gasteiger partial charge in [0.05, 0.1) is 11.3 Å². The van der Waals surface area contributed by atoms with Crippen LogP contribution < -0.4 is 15.1 Å². The van der Waals surface area contributed by atoms with Crippen molar-refractivity contribution in [3.05, 3.63) is 35.5 Å². The lowest BCUT2D eigenvalue weighted by Crippen LogP contribution is -2.45. The van der Waals surface area contributed by atoms with Crippen LogP contribution in [0.1, 0.15) is 54.6 Å². The fraction of sp³-hybridized carbons (Fsp3) is 0.607. The smallest absolute Gasteiger partial charge is 0.258 e. The molecule has 0 bridgehead atoms. The molecule has 1 aromatic carbocycles. The number of alkyl halides is 2. The maximum Gasteiger partial charge on any atom is 0.258 e. The second-order valence-electron chi connectivity index (χ2n) is 11.6. The summed E-state index contributed by atoms with van der Waals surface area (Å²) in [5.74, 6) is -2.06. The van der Waals surface area contributed by atoms with E-state index in [0.717, 1.165) is 31.9 Å². The summed E-state index contributed by atoms with van der Waals surface area (Å²) in [6.07, 6.45) is 4.61. The molecule has 3 aliphatic heterocycles. The van der Waals surface area contributed by atoms with Crippen LogP contribution in [0.15, 0.2) is 29.2 Å². The van der Waals surface area contributed by atoms with Crippen LogP contribution in [0, 0.1) is 12.3 Å². The minimum absolute atomic E-state index is 0.195. The van der Waals surface area contributed by atoms with Crippen molar-refractivity contribution >= 4 is 35.1 Å². The number of aryl methyl sites for hydroxylation is 1. The number of carbonyl (C=O) groups excluding carboxylic acids is 1. The van der Waals surface area contributed by atoms with Crippen LogP contribution >= 0.6 is 11.8 Å². The van der Waals surface area contributed by atoms with Gasteiger partial charge in [-0.05, 0) is 63.3 Å². The lowest BCUT2D eigenvalue weighted by atomic mass is 9.93. The van der Waals surface area contributed by atoms with E-state index in [2.05, 4.69) is 44.3 Å². The van der Waals surface area contributed by atoms with Gasteiger partial charge in [-0.1, -0.05) is 0 Å². The predicted octanol–water partition coefficient (Wildman–Crippen LogP) is 5.06. The SMILES string of the molecule is Cc1cc(NC(=O)c2ccc(SC3CN(C)C3)cc2N2CCC3(CC2)CC3)nc(N2CCC(F)(F)CC2)n1. The summed E-state index contributed by atoms with van der Waals surface area (Å²) in [6, 6.07) is 7.92. The molecule has 0 radical (unpaired) electrons. The summed E-state index contributed by atoms with van der Waals surface area (Å²) >= 11 is 1.89. The molecule has 0 atom stereocenters. The van der Waals surface area contributed by atoms with Gasteiger partial charge < -0.3 is 20.0 Å². The molecule has 38 heavy (non-hydrogen) atoms. The third kappa shape index (κ3) is 5.61. The van der Waals surface area contributed by atoms with E-state index in [4.69, 9.17) is 0 Å². The van der Waals surface area contributed by atoms with Gasteiger partial charge in [0.15, 0.2) is 0 Å². The Morgan fingerprint density at radius 3 is 2.32 bits per heavy atom. The Bertz CT molecular complexity index is 1200. The first-order chi connectivity index (χ1) is 18.2. The number of anilines is 3. The number of benzene rings is 1. The van der Waals surface area contributed by atoms with Crippen molar-refractivity contribution in [3.8, 4) is 0 Å². The molecular weight excluding hydrogens is 506 g/mol. The number of halogens is 2. The Balaban J connectivity index is 1.22. The standard InChI is InChI=1S/C28H36F2N6OS/c1-19-15-24(33-26(31-19)36-13-9-28(29,30)10-14-36)32-25(37)22-4-3-20(38-21-17-34(2)18-21)16-23(22)35-11-7-27(5-6-27)8-12-35/h3-4,15-16,21H,5-14,17-18H2,1-2H3,(H,31,32,33,37). The second kappa shape index (κ2) is 9.93.